The lowest BCUT2D eigenvalue weighted by Crippen LogP contribution is -2.14. The Kier molecular flexibility index (Phi) is 4.85. The molecule has 0 atom stereocenters. The molecule has 0 bridgehead atoms. The average molecular weight is 361 g/mol. The van der Waals surface area contributed by atoms with Crippen LogP contribution in [0.1, 0.15) is 10.5 Å². The van der Waals surface area contributed by atoms with E-state index < -0.39 is 17.5 Å². The summed E-state index contributed by atoms with van der Waals surface area (Å²) >= 11 is 5.86. The van der Waals surface area contributed by atoms with Crippen LogP contribution in [-0.4, -0.2) is 16.1 Å². The molecule has 0 fully saturated rings. The van der Waals surface area contributed by atoms with Crippen molar-refractivity contribution in [2.75, 3.05) is 10.6 Å². The maximum absolute atomic E-state index is 13.2. The first-order valence-electron chi connectivity index (χ1n) is 7.14. The average Bonchev–Trinajstić information content (AvgIpc) is 2.59. The van der Waals surface area contributed by atoms with Crippen molar-refractivity contribution in [3.63, 3.8) is 0 Å². The molecule has 0 saturated heterocycles. The molecule has 3 rings (SSSR count). The first kappa shape index (κ1) is 16.8. The van der Waals surface area contributed by atoms with E-state index >= 15 is 0 Å². The molecule has 0 aliphatic heterocycles. The number of halogens is 3. The van der Waals surface area contributed by atoms with Crippen LogP contribution in [0.5, 0.6) is 0 Å². The van der Waals surface area contributed by atoms with Crippen molar-refractivity contribution < 1.29 is 13.6 Å². The van der Waals surface area contributed by atoms with E-state index in [1.807, 2.05) is 0 Å². The number of hydrogen-bond donors (Lipinski definition) is 2. The van der Waals surface area contributed by atoms with Gasteiger partial charge in [0.25, 0.3) is 5.91 Å². The van der Waals surface area contributed by atoms with Crippen LogP contribution in [0.3, 0.4) is 0 Å². The lowest BCUT2D eigenvalue weighted by molar-refractivity contribution is 0.102. The zero-order valence-corrected chi connectivity index (χ0v) is 13.4. The van der Waals surface area contributed by atoms with E-state index in [0.29, 0.717) is 16.4 Å². The maximum Gasteiger partial charge on any atom is 0.276 e. The Morgan fingerprint density at radius 1 is 0.920 bits per heavy atom. The minimum atomic E-state index is -0.976. The molecule has 5 nitrogen and oxygen atoms in total. The van der Waals surface area contributed by atoms with Crippen LogP contribution in [0.2, 0.25) is 5.02 Å². The van der Waals surface area contributed by atoms with Gasteiger partial charge >= 0.3 is 0 Å². The highest BCUT2D eigenvalue weighted by atomic mass is 35.5. The van der Waals surface area contributed by atoms with Crippen molar-refractivity contribution in [2.24, 2.45) is 0 Å². The maximum atomic E-state index is 13.2. The third-order valence-electron chi connectivity index (χ3n) is 3.17. The highest BCUT2D eigenvalue weighted by molar-refractivity contribution is 6.30. The Bertz CT molecular complexity index is 919. The molecule has 0 radical (unpaired) electrons. The van der Waals surface area contributed by atoms with E-state index in [1.165, 1.54) is 18.2 Å². The summed E-state index contributed by atoms with van der Waals surface area (Å²) in [6.07, 6.45) is 0. The standard InChI is InChI=1S/C17H11ClF2N4O/c18-10-2-1-3-11(8-10)22-17(25)15-6-7-16(24-23-15)21-12-4-5-13(19)14(20)9-12/h1-9H,(H,21,24)(H,22,25). The number of aromatic nitrogens is 2. The fourth-order valence-corrected chi connectivity index (χ4v) is 2.19. The van der Waals surface area contributed by atoms with Crippen LogP contribution in [0.15, 0.2) is 54.6 Å². The summed E-state index contributed by atoms with van der Waals surface area (Å²) in [6, 6.07) is 13.0. The van der Waals surface area contributed by atoms with Crippen LogP contribution in [0.4, 0.5) is 26.0 Å². The zero-order valence-electron chi connectivity index (χ0n) is 12.6. The second-order valence-electron chi connectivity index (χ2n) is 5.02. The number of nitrogens with one attached hydrogen (secondary N) is 2. The molecule has 2 N–H and O–H groups in total. The predicted octanol–water partition coefficient (Wildman–Crippen LogP) is 4.40. The number of amides is 1. The highest BCUT2D eigenvalue weighted by Gasteiger charge is 2.09. The fourth-order valence-electron chi connectivity index (χ4n) is 2.00. The minimum Gasteiger partial charge on any atom is -0.339 e. The van der Waals surface area contributed by atoms with E-state index in [1.54, 1.807) is 24.3 Å². The van der Waals surface area contributed by atoms with Gasteiger partial charge in [-0.05, 0) is 42.5 Å². The molecule has 25 heavy (non-hydrogen) atoms. The molecule has 0 spiro atoms. The van der Waals surface area contributed by atoms with Crippen molar-refractivity contribution in [1.82, 2.24) is 10.2 Å². The molecule has 2 aromatic carbocycles. The van der Waals surface area contributed by atoms with Crippen molar-refractivity contribution in [3.8, 4) is 0 Å². The lowest BCUT2D eigenvalue weighted by atomic mass is 10.3. The Morgan fingerprint density at radius 3 is 2.44 bits per heavy atom. The number of carbonyl (C=O) groups excluding carboxylic acids is 1. The summed E-state index contributed by atoms with van der Waals surface area (Å²) in [6.45, 7) is 0. The van der Waals surface area contributed by atoms with Gasteiger partial charge in [-0.25, -0.2) is 8.78 Å². The molecule has 1 heterocycles. The van der Waals surface area contributed by atoms with Gasteiger partial charge in [-0.3, -0.25) is 4.79 Å². The van der Waals surface area contributed by atoms with Crippen molar-refractivity contribution in [3.05, 3.63) is 76.9 Å². The quantitative estimate of drug-likeness (QED) is 0.723. The summed E-state index contributed by atoms with van der Waals surface area (Å²) in [7, 11) is 0. The molecule has 0 aliphatic rings. The molecule has 8 heteroatoms. The van der Waals surface area contributed by atoms with E-state index in [0.717, 1.165) is 12.1 Å². The summed E-state index contributed by atoms with van der Waals surface area (Å²) in [4.78, 5) is 12.1. The monoisotopic (exact) mass is 360 g/mol. The van der Waals surface area contributed by atoms with E-state index in [-0.39, 0.29) is 11.5 Å². The van der Waals surface area contributed by atoms with Gasteiger partial charge in [0.2, 0.25) is 0 Å². The zero-order chi connectivity index (χ0) is 17.8. The second-order valence-corrected chi connectivity index (χ2v) is 5.46. The van der Waals surface area contributed by atoms with Crippen LogP contribution >= 0.6 is 11.6 Å². The number of rotatable bonds is 4. The van der Waals surface area contributed by atoms with Crippen LogP contribution in [0, 0.1) is 11.6 Å². The third kappa shape index (κ3) is 4.27. The third-order valence-corrected chi connectivity index (χ3v) is 3.41. The van der Waals surface area contributed by atoms with Gasteiger partial charge in [-0.15, -0.1) is 10.2 Å². The number of anilines is 3. The molecule has 126 valence electrons. The highest BCUT2D eigenvalue weighted by Crippen LogP contribution is 2.18. The Morgan fingerprint density at radius 2 is 1.76 bits per heavy atom. The number of hydrogen-bond acceptors (Lipinski definition) is 4. The van der Waals surface area contributed by atoms with E-state index in [2.05, 4.69) is 20.8 Å². The van der Waals surface area contributed by atoms with E-state index in [9.17, 15) is 13.6 Å². The first-order chi connectivity index (χ1) is 12.0. The summed E-state index contributed by atoms with van der Waals surface area (Å²) in [5.74, 6) is -2.08. The van der Waals surface area contributed by atoms with Gasteiger partial charge in [-0.1, -0.05) is 17.7 Å². The second kappa shape index (κ2) is 7.23. The fraction of sp³-hybridized carbons (Fsp3) is 0. The molecular weight excluding hydrogens is 350 g/mol. The van der Waals surface area contributed by atoms with Crippen LogP contribution in [0.25, 0.3) is 0 Å². The topological polar surface area (TPSA) is 66.9 Å². The van der Waals surface area contributed by atoms with Gasteiger partial charge < -0.3 is 10.6 Å². The lowest BCUT2D eigenvalue weighted by Gasteiger charge is -2.07. The van der Waals surface area contributed by atoms with Gasteiger partial charge in [0.1, 0.15) is 0 Å². The normalized spacial score (nSPS) is 10.4. The Balaban J connectivity index is 1.69. The molecule has 0 saturated carbocycles. The summed E-state index contributed by atoms with van der Waals surface area (Å²) in [5, 5.41) is 13.6. The largest absolute Gasteiger partial charge is 0.339 e. The smallest absolute Gasteiger partial charge is 0.276 e. The molecule has 0 aliphatic carbocycles. The van der Waals surface area contributed by atoms with Crippen molar-refractivity contribution in [1.29, 1.82) is 0 Å². The minimum absolute atomic E-state index is 0.0933. The molecule has 1 amide bonds. The van der Waals surface area contributed by atoms with Gasteiger partial charge in [-0.2, -0.15) is 0 Å². The Hall–Kier alpha value is -3.06. The number of nitrogens with zero attached hydrogens (tertiary/aromatic N) is 2. The first-order valence-corrected chi connectivity index (χ1v) is 7.52. The van der Waals surface area contributed by atoms with E-state index in [4.69, 9.17) is 11.6 Å². The molecular formula is C17H11ClF2N4O. The van der Waals surface area contributed by atoms with Crippen LogP contribution < -0.4 is 10.6 Å². The van der Waals surface area contributed by atoms with Gasteiger partial charge in [0.05, 0.1) is 0 Å². The molecule has 1 aromatic heterocycles. The van der Waals surface area contributed by atoms with Gasteiger partial charge in [0.15, 0.2) is 23.1 Å². The number of benzene rings is 2. The number of carbonyl (C=O) groups is 1. The van der Waals surface area contributed by atoms with Crippen LogP contribution in [-0.2, 0) is 0 Å². The predicted molar refractivity (Wildman–Crippen MR) is 91.1 cm³/mol. The Labute approximate surface area is 146 Å². The SMILES string of the molecule is O=C(Nc1cccc(Cl)c1)c1ccc(Nc2ccc(F)c(F)c2)nn1. The van der Waals surface area contributed by atoms with Crippen molar-refractivity contribution >= 4 is 34.7 Å². The summed E-state index contributed by atoms with van der Waals surface area (Å²) in [5.41, 5.74) is 0.934. The molecule has 0 unspecified atom stereocenters. The van der Waals surface area contributed by atoms with Crippen molar-refractivity contribution in [2.45, 2.75) is 0 Å². The van der Waals surface area contributed by atoms with Gasteiger partial charge in [0, 0.05) is 22.5 Å². The molecule has 3 aromatic rings. The summed E-state index contributed by atoms with van der Waals surface area (Å²) < 4.78 is 26.1.